The molecule has 0 spiro atoms. The van der Waals surface area contributed by atoms with Crippen LogP contribution in [-0.4, -0.2) is 37.1 Å². The van der Waals surface area contributed by atoms with Crippen LogP contribution in [0.3, 0.4) is 0 Å². The summed E-state index contributed by atoms with van der Waals surface area (Å²) in [5.74, 6) is 0. The molecule has 0 atom stereocenters. The fourth-order valence-corrected chi connectivity index (χ4v) is 2.29. The predicted molar refractivity (Wildman–Crippen MR) is 73.9 cm³/mol. The highest BCUT2D eigenvalue weighted by atomic mass is 35.5. The molecule has 0 aromatic carbocycles. The van der Waals surface area contributed by atoms with Crippen molar-refractivity contribution in [3.63, 3.8) is 0 Å². The minimum absolute atomic E-state index is 0.510. The fraction of sp³-hybridized carbons (Fsp3) is 0.583. The summed E-state index contributed by atoms with van der Waals surface area (Å²) >= 11 is 12.3. The number of aromatic nitrogens is 1. The second kappa shape index (κ2) is 7.17. The fourth-order valence-electron chi connectivity index (χ4n) is 1.64. The van der Waals surface area contributed by atoms with Crippen LogP contribution < -0.4 is 5.32 Å². The average molecular weight is 276 g/mol. The number of rotatable bonds is 6. The molecule has 0 bridgehead atoms. The molecule has 0 fully saturated rings. The van der Waals surface area contributed by atoms with Crippen LogP contribution in [0, 0.1) is 6.92 Å². The third-order valence-corrected chi connectivity index (χ3v) is 3.19. The van der Waals surface area contributed by atoms with Gasteiger partial charge in [-0.25, -0.2) is 4.98 Å². The number of aryl methyl sites for hydroxylation is 1. The van der Waals surface area contributed by atoms with Crippen LogP contribution in [0.15, 0.2) is 6.07 Å². The first-order chi connectivity index (χ1) is 8.04. The van der Waals surface area contributed by atoms with Crippen LogP contribution in [0.4, 0.5) is 0 Å². The monoisotopic (exact) mass is 275 g/mol. The maximum absolute atomic E-state index is 6.18. The standard InChI is InChI=1S/C12H19Cl2N3/c1-9-7-11(13)10(12(14)16-9)8-17(3)6-4-5-15-2/h7,15H,4-6,8H2,1-3H3. The molecule has 1 aromatic heterocycles. The van der Waals surface area contributed by atoms with E-state index in [1.807, 2.05) is 20.0 Å². The Morgan fingerprint density at radius 2 is 2.12 bits per heavy atom. The lowest BCUT2D eigenvalue weighted by Gasteiger charge is -2.18. The Kier molecular flexibility index (Phi) is 6.20. The molecule has 0 amide bonds. The van der Waals surface area contributed by atoms with Gasteiger partial charge in [0, 0.05) is 22.8 Å². The van der Waals surface area contributed by atoms with Crippen LogP contribution in [-0.2, 0) is 6.54 Å². The summed E-state index contributed by atoms with van der Waals surface area (Å²) in [6.07, 6.45) is 1.10. The predicted octanol–water partition coefficient (Wildman–Crippen LogP) is 2.74. The van der Waals surface area contributed by atoms with Crippen molar-refractivity contribution in [2.24, 2.45) is 0 Å². The van der Waals surface area contributed by atoms with E-state index in [9.17, 15) is 0 Å². The second-order valence-electron chi connectivity index (χ2n) is 4.21. The number of hydrogen-bond acceptors (Lipinski definition) is 3. The smallest absolute Gasteiger partial charge is 0.135 e. The van der Waals surface area contributed by atoms with Gasteiger partial charge in [-0.3, -0.25) is 0 Å². The van der Waals surface area contributed by atoms with Gasteiger partial charge in [0.25, 0.3) is 0 Å². The molecule has 0 aliphatic rings. The Morgan fingerprint density at radius 1 is 1.41 bits per heavy atom. The van der Waals surface area contributed by atoms with Gasteiger partial charge in [0.2, 0.25) is 0 Å². The van der Waals surface area contributed by atoms with Crippen molar-refractivity contribution >= 4 is 23.2 Å². The molecule has 0 radical (unpaired) electrons. The molecule has 0 saturated heterocycles. The lowest BCUT2D eigenvalue weighted by Crippen LogP contribution is -2.23. The Bertz CT molecular complexity index is 346. The van der Waals surface area contributed by atoms with E-state index in [0.29, 0.717) is 10.2 Å². The zero-order chi connectivity index (χ0) is 12.8. The van der Waals surface area contributed by atoms with Crippen molar-refractivity contribution < 1.29 is 0 Å². The summed E-state index contributed by atoms with van der Waals surface area (Å²) in [5.41, 5.74) is 1.76. The number of nitrogens with one attached hydrogen (secondary N) is 1. The molecule has 5 heteroatoms. The molecule has 17 heavy (non-hydrogen) atoms. The van der Waals surface area contributed by atoms with Gasteiger partial charge in [-0.15, -0.1) is 0 Å². The van der Waals surface area contributed by atoms with E-state index in [4.69, 9.17) is 23.2 Å². The Labute approximate surface area is 113 Å². The van der Waals surface area contributed by atoms with Crippen LogP contribution in [0.25, 0.3) is 0 Å². The van der Waals surface area contributed by atoms with E-state index in [2.05, 4.69) is 22.2 Å². The van der Waals surface area contributed by atoms with E-state index < -0.39 is 0 Å². The van der Waals surface area contributed by atoms with Crippen LogP contribution in [0.5, 0.6) is 0 Å². The Morgan fingerprint density at radius 3 is 2.71 bits per heavy atom. The zero-order valence-electron chi connectivity index (χ0n) is 10.6. The topological polar surface area (TPSA) is 28.2 Å². The third kappa shape index (κ3) is 4.80. The van der Waals surface area contributed by atoms with Crippen molar-refractivity contribution in [3.8, 4) is 0 Å². The lowest BCUT2D eigenvalue weighted by atomic mass is 10.2. The van der Waals surface area contributed by atoms with Crippen LogP contribution in [0.2, 0.25) is 10.2 Å². The first-order valence-electron chi connectivity index (χ1n) is 5.69. The van der Waals surface area contributed by atoms with E-state index in [1.54, 1.807) is 0 Å². The second-order valence-corrected chi connectivity index (χ2v) is 4.97. The molecular weight excluding hydrogens is 257 g/mol. The van der Waals surface area contributed by atoms with Crippen LogP contribution >= 0.6 is 23.2 Å². The summed E-state index contributed by atoms with van der Waals surface area (Å²) in [6.45, 7) is 4.63. The molecule has 1 heterocycles. The van der Waals surface area contributed by atoms with E-state index >= 15 is 0 Å². The molecule has 1 rings (SSSR count). The maximum Gasteiger partial charge on any atom is 0.135 e. The molecule has 1 aromatic rings. The highest BCUT2D eigenvalue weighted by Crippen LogP contribution is 2.24. The van der Waals surface area contributed by atoms with Gasteiger partial charge in [0.1, 0.15) is 5.15 Å². The van der Waals surface area contributed by atoms with E-state index in [0.717, 1.165) is 37.3 Å². The number of nitrogens with zero attached hydrogens (tertiary/aromatic N) is 2. The molecule has 0 unspecified atom stereocenters. The van der Waals surface area contributed by atoms with Crippen molar-refractivity contribution in [1.29, 1.82) is 0 Å². The van der Waals surface area contributed by atoms with Gasteiger partial charge in [-0.05, 0) is 46.6 Å². The summed E-state index contributed by atoms with van der Waals surface area (Å²) in [7, 11) is 4.01. The highest BCUT2D eigenvalue weighted by Gasteiger charge is 2.10. The highest BCUT2D eigenvalue weighted by molar-refractivity contribution is 6.35. The average Bonchev–Trinajstić information content (AvgIpc) is 2.24. The van der Waals surface area contributed by atoms with Crippen LogP contribution in [0.1, 0.15) is 17.7 Å². The summed E-state index contributed by atoms with van der Waals surface area (Å²) in [4.78, 5) is 6.42. The van der Waals surface area contributed by atoms with Crippen molar-refractivity contribution in [1.82, 2.24) is 15.2 Å². The Hall–Kier alpha value is -0.350. The van der Waals surface area contributed by atoms with Gasteiger partial charge in [-0.1, -0.05) is 23.2 Å². The molecule has 1 N–H and O–H groups in total. The van der Waals surface area contributed by atoms with Gasteiger partial charge in [-0.2, -0.15) is 0 Å². The first-order valence-corrected chi connectivity index (χ1v) is 6.45. The minimum atomic E-state index is 0.510. The third-order valence-electron chi connectivity index (χ3n) is 2.54. The van der Waals surface area contributed by atoms with E-state index in [1.165, 1.54) is 0 Å². The normalized spacial score (nSPS) is 11.2. The van der Waals surface area contributed by atoms with Crippen molar-refractivity contribution in [3.05, 3.63) is 27.5 Å². The number of pyridine rings is 1. The summed E-state index contributed by atoms with van der Waals surface area (Å²) < 4.78 is 0. The number of halogens is 2. The zero-order valence-corrected chi connectivity index (χ0v) is 12.1. The van der Waals surface area contributed by atoms with Crippen molar-refractivity contribution in [2.75, 3.05) is 27.2 Å². The first kappa shape index (κ1) is 14.7. The van der Waals surface area contributed by atoms with Gasteiger partial charge in [0.15, 0.2) is 0 Å². The number of hydrogen-bond donors (Lipinski definition) is 1. The lowest BCUT2D eigenvalue weighted by molar-refractivity contribution is 0.321. The molecule has 96 valence electrons. The van der Waals surface area contributed by atoms with Gasteiger partial charge < -0.3 is 10.2 Å². The van der Waals surface area contributed by atoms with Gasteiger partial charge in [0.05, 0.1) is 0 Å². The SMILES string of the molecule is CNCCCN(C)Cc1c(Cl)cc(C)nc1Cl. The molecule has 3 nitrogen and oxygen atoms in total. The Balaban J connectivity index is 2.61. The van der Waals surface area contributed by atoms with E-state index in [-0.39, 0.29) is 0 Å². The maximum atomic E-state index is 6.18. The quantitative estimate of drug-likeness (QED) is 0.639. The molecule has 0 aliphatic carbocycles. The summed E-state index contributed by atoms with van der Waals surface area (Å²) in [5, 5.41) is 4.33. The molecule has 0 aliphatic heterocycles. The minimum Gasteiger partial charge on any atom is -0.320 e. The molecular formula is C12H19Cl2N3. The largest absolute Gasteiger partial charge is 0.320 e. The summed E-state index contributed by atoms with van der Waals surface area (Å²) in [6, 6.07) is 1.85. The molecule has 0 saturated carbocycles. The van der Waals surface area contributed by atoms with Crippen molar-refractivity contribution in [2.45, 2.75) is 19.9 Å². The van der Waals surface area contributed by atoms with Gasteiger partial charge >= 0.3 is 0 Å².